The normalized spacial score (nSPS) is 17.1. The van der Waals surface area contributed by atoms with Crippen LogP contribution in [0.2, 0.25) is 0 Å². The lowest BCUT2D eigenvalue weighted by Gasteiger charge is -2.25. The van der Waals surface area contributed by atoms with Crippen LogP contribution in [-0.4, -0.2) is 34.7 Å². The van der Waals surface area contributed by atoms with E-state index < -0.39 is 0 Å². The average molecular weight is 252 g/mol. The van der Waals surface area contributed by atoms with Crippen LogP contribution >= 0.6 is 11.8 Å². The zero-order valence-electron chi connectivity index (χ0n) is 10.2. The quantitative estimate of drug-likeness (QED) is 0.783. The van der Waals surface area contributed by atoms with Gasteiger partial charge in [0.15, 0.2) is 0 Å². The molecule has 0 fully saturated rings. The van der Waals surface area contributed by atoms with Crippen LogP contribution < -0.4 is 5.73 Å². The Hall–Kier alpha value is -0.710. The number of aliphatic hydroxyl groups is 1. The third kappa shape index (κ3) is 2.76. The SMILES string of the molecule is CSCCC(CO)N1Cc2cccc(N)c2C1. The summed E-state index contributed by atoms with van der Waals surface area (Å²) in [5.74, 6) is 1.09. The van der Waals surface area contributed by atoms with E-state index in [0.29, 0.717) is 0 Å². The molecule has 1 aliphatic heterocycles. The molecule has 0 spiro atoms. The van der Waals surface area contributed by atoms with Crippen molar-refractivity contribution in [3.63, 3.8) is 0 Å². The molecule has 94 valence electrons. The Balaban J connectivity index is 2.05. The monoisotopic (exact) mass is 252 g/mol. The molecule has 0 saturated heterocycles. The third-order valence-corrected chi connectivity index (χ3v) is 4.07. The van der Waals surface area contributed by atoms with Crippen LogP contribution in [0.4, 0.5) is 5.69 Å². The van der Waals surface area contributed by atoms with E-state index in [4.69, 9.17) is 5.73 Å². The molecular weight excluding hydrogens is 232 g/mol. The highest BCUT2D eigenvalue weighted by molar-refractivity contribution is 7.98. The van der Waals surface area contributed by atoms with E-state index in [9.17, 15) is 5.11 Å². The van der Waals surface area contributed by atoms with Crippen LogP contribution in [0.1, 0.15) is 17.5 Å². The van der Waals surface area contributed by atoms with Gasteiger partial charge in [-0.1, -0.05) is 12.1 Å². The molecule has 1 heterocycles. The second kappa shape index (κ2) is 5.76. The lowest BCUT2D eigenvalue weighted by atomic mass is 10.1. The molecule has 1 atom stereocenters. The van der Waals surface area contributed by atoms with Gasteiger partial charge in [0.05, 0.1) is 6.61 Å². The zero-order chi connectivity index (χ0) is 12.3. The van der Waals surface area contributed by atoms with Gasteiger partial charge in [-0.25, -0.2) is 0 Å². The Labute approximate surface area is 107 Å². The number of nitrogens with two attached hydrogens (primary N) is 1. The third-order valence-electron chi connectivity index (χ3n) is 3.43. The molecule has 17 heavy (non-hydrogen) atoms. The molecule has 0 aliphatic carbocycles. The molecule has 2 rings (SSSR count). The molecule has 0 amide bonds. The number of thioether (sulfide) groups is 1. The van der Waals surface area contributed by atoms with Gasteiger partial charge in [0.1, 0.15) is 0 Å². The molecule has 0 saturated carbocycles. The second-order valence-electron chi connectivity index (χ2n) is 4.51. The number of benzene rings is 1. The molecule has 1 aromatic rings. The van der Waals surface area contributed by atoms with Crippen LogP contribution in [0.25, 0.3) is 0 Å². The predicted octanol–water partition coefficient (Wildman–Crippen LogP) is 1.70. The first-order valence-corrected chi connectivity index (χ1v) is 7.35. The maximum absolute atomic E-state index is 9.48. The molecule has 0 aromatic heterocycles. The summed E-state index contributed by atoms with van der Waals surface area (Å²) < 4.78 is 0. The van der Waals surface area contributed by atoms with Crippen molar-refractivity contribution in [3.8, 4) is 0 Å². The number of fused-ring (bicyclic) bond motifs is 1. The molecule has 0 radical (unpaired) electrons. The van der Waals surface area contributed by atoms with E-state index in [1.54, 1.807) is 0 Å². The summed E-state index contributed by atoms with van der Waals surface area (Å²) in [6, 6.07) is 6.36. The number of rotatable bonds is 5. The highest BCUT2D eigenvalue weighted by Crippen LogP contribution is 2.29. The fraction of sp³-hybridized carbons (Fsp3) is 0.538. The van der Waals surface area contributed by atoms with Crippen molar-refractivity contribution in [1.29, 1.82) is 0 Å². The zero-order valence-corrected chi connectivity index (χ0v) is 11.0. The fourth-order valence-corrected chi connectivity index (χ4v) is 2.88. The average Bonchev–Trinajstić information content (AvgIpc) is 2.75. The van der Waals surface area contributed by atoms with Crippen LogP contribution in [0.5, 0.6) is 0 Å². The Morgan fingerprint density at radius 1 is 1.47 bits per heavy atom. The molecule has 1 aromatic carbocycles. The summed E-state index contributed by atoms with van der Waals surface area (Å²) >= 11 is 1.83. The summed E-state index contributed by atoms with van der Waals surface area (Å²) in [4.78, 5) is 2.33. The highest BCUT2D eigenvalue weighted by atomic mass is 32.2. The first-order valence-electron chi connectivity index (χ1n) is 5.96. The number of hydrogen-bond acceptors (Lipinski definition) is 4. The van der Waals surface area contributed by atoms with Crippen molar-refractivity contribution in [2.75, 3.05) is 24.3 Å². The molecule has 3 N–H and O–H groups in total. The van der Waals surface area contributed by atoms with Gasteiger partial charge >= 0.3 is 0 Å². The topological polar surface area (TPSA) is 49.5 Å². The molecular formula is C13H20N2OS. The Morgan fingerprint density at radius 2 is 2.29 bits per heavy atom. The van der Waals surface area contributed by atoms with E-state index in [1.807, 2.05) is 23.9 Å². The van der Waals surface area contributed by atoms with Crippen molar-refractivity contribution in [2.24, 2.45) is 0 Å². The van der Waals surface area contributed by atoms with E-state index in [1.165, 1.54) is 11.1 Å². The molecule has 1 aliphatic rings. The van der Waals surface area contributed by atoms with Crippen molar-refractivity contribution >= 4 is 17.4 Å². The van der Waals surface area contributed by atoms with E-state index in [0.717, 1.165) is 31.0 Å². The van der Waals surface area contributed by atoms with Crippen LogP contribution in [0.3, 0.4) is 0 Å². The second-order valence-corrected chi connectivity index (χ2v) is 5.49. The summed E-state index contributed by atoms with van der Waals surface area (Å²) in [5.41, 5.74) is 9.42. The lowest BCUT2D eigenvalue weighted by molar-refractivity contribution is 0.119. The minimum absolute atomic E-state index is 0.231. The number of nitrogens with zero attached hydrogens (tertiary/aromatic N) is 1. The van der Waals surface area contributed by atoms with Crippen LogP contribution in [-0.2, 0) is 13.1 Å². The van der Waals surface area contributed by atoms with Gasteiger partial charge in [0.2, 0.25) is 0 Å². The van der Waals surface area contributed by atoms with Crippen molar-refractivity contribution in [1.82, 2.24) is 4.90 Å². The van der Waals surface area contributed by atoms with E-state index in [2.05, 4.69) is 17.2 Å². The number of hydrogen-bond donors (Lipinski definition) is 2. The highest BCUT2D eigenvalue weighted by Gasteiger charge is 2.26. The number of anilines is 1. The molecule has 4 heteroatoms. The summed E-state index contributed by atoms with van der Waals surface area (Å²) in [6.45, 7) is 2.02. The maximum Gasteiger partial charge on any atom is 0.0587 e. The first-order chi connectivity index (χ1) is 8.26. The fourth-order valence-electron chi connectivity index (χ4n) is 2.37. The lowest BCUT2D eigenvalue weighted by Crippen LogP contribution is -2.34. The van der Waals surface area contributed by atoms with Gasteiger partial charge in [-0.15, -0.1) is 0 Å². The first kappa shape index (κ1) is 12.7. The minimum atomic E-state index is 0.231. The number of nitrogen functional groups attached to an aromatic ring is 1. The van der Waals surface area contributed by atoms with Crippen molar-refractivity contribution < 1.29 is 5.11 Å². The van der Waals surface area contributed by atoms with E-state index >= 15 is 0 Å². The smallest absolute Gasteiger partial charge is 0.0587 e. The Bertz CT molecular complexity index is 384. The van der Waals surface area contributed by atoms with Gasteiger partial charge in [-0.3, -0.25) is 4.90 Å². The number of aliphatic hydroxyl groups excluding tert-OH is 1. The standard InChI is InChI=1S/C13H20N2OS/c1-17-6-5-11(9-16)15-7-10-3-2-4-13(14)12(10)8-15/h2-4,11,16H,5-9,14H2,1H3. The Kier molecular flexibility index (Phi) is 4.31. The van der Waals surface area contributed by atoms with Crippen molar-refractivity contribution in [2.45, 2.75) is 25.6 Å². The van der Waals surface area contributed by atoms with Gasteiger partial charge in [-0.2, -0.15) is 11.8 Å². The Morgan fingerprint density at radius 3 is 2.94 bits per heavy atom. The van der Waals surface area contributed by atoms with Gasteiger partial charge < -0.3 is 10.8 Å². The summed E-state index contributed by atoms with van der Waals surface area (Å²) in [5, 5.41) is 9.48. The van der Waals surface area contributed by atoms with Crippen LogP contribution in [0, 0.1) is 0 Å². The molecule has 0 bridgehead atoms. The molecule has 3 nitrogen and oxygen atoms in total. The predicted molar refractivity (Wildman–Crippen MR) is 74.0 cm³/mol. The summed E-state index contributed by atoms with van der Waals surface area (Å²) in [6.07, 6.45) is 3.14. The van der Waals surface area contributed by atoms with Gasteiger partial charge in [0.25, 0.3) is 0 Å². The maximum atomic E-state index is 9.48. The van der Waals surface area contributed by atoms with Gasteiger partial charge in [0, 0.05) is 24.8 Å². The van der Waals surface area contributed by atoms with Crippen molar-refractivity contribution in [3.05, 3.63) is 29.3 Å². The molecule has 1 unspecified atom stereocenters. The van der Waals surface area contributed by atoms with Gasteiger partial charge in [-0.05, 0) is 35.6 Å². The largest absolute Gasteiger partial charge is 0.398 e. The van der Waals surface area contributed by atoms with Crippen LogP contribution in [0.15, 0.2) is 18.2 Å². The minimum Gasteiger partial charge on any atom is -0.398 e. The van der Waals surface area contributed by atoms with E-state index in [-0.39, 0.29) is 12.6 Å². The summed E-state index contributed by atoms with van der Waals surface area (Å²) in [7, 11) is 0.